The molecule has 2 heterocycles. The quantitative estimate of drug-likeness (QED) is 0.366. The number of thiazole rings is 1. The molecule has 4 aromatic rings. The van der Waals surface area contributed by atoms with Crippen molar-refractivity contribution in [2.75, 3.05) is 6.61 Å². The summed E-state index contributed by atoms with van der Waals surface area (Å²) in [7, 11) is 0. The maximum absolute atomic E-state index is 11.0. The molecule has 8 heteroatoms. The van der Waals surface area contributed by atoms with Gasteiger partial charge >= 0.3 is 5.97 Å². The van der Waals surface area contributed by atoms with Crippen molar-refractivity contribution in [2.24, 2.45) is 0 Å². The number of aliphatic carboxylic acids is 1. The van der Waals surface area contributed by atoms with Crippen molar-refractivity contribution in [2.45, 2.75) is 26.4 Å². The SMILES string of the molecule is Cc1sc(-c2ccccc2)nc1CCOc1cc(COc2ccccc2CC(=O)O)on1. The Bertz CT molecular complexity index is 1190. The van der Waals surface area contributed by atoms with E-state index in [4.69, 9.17) is 24.1 Å². The smallest absolute Gasteiger partial charge is 0.307 e. The molecule has 0 spiro atoms. The van der Waals surface area contributed by atoms with Crippen LogP contribution in [-0.2, 0) is 24.2 Å². The lowest BCUT2D eigenvalue weighted by Crippen LogP contribution is -2.04. The highest BCUT2D eigenvalue weighted by atomic mass is 32.1. The lowest BCUT2D eigenvalue weighted by molar-refractivity contribution is -0.136. The van der Waals surface area contributed by atoms with Crippen LogP contribution in [-0.4, -0.2) is 27.8 Å². The number of aromatic nitrogens is 2. The van der Waals surface area contributed by atoms with Crippen LogP contribution in [0.2, 0.25) is 0 Å². The molecule has 0 aliphatic rings. The van der Waals surface area contributed by atoms with Crippen molar-refractivity contribution < 1.29 is 23.9 Å². The minimum absolute atomic E-state index is 0.108. The summed E-state index contributed by atoms with van der Waals surface area (Å²) in [6.45, 7) is 2.61. The third kappa shape index (κ3) is 5.53. The molecular weight excluding hydrogens is 428 g/mol. The van der Waals surface area contributed by atoms with Gasteiger partial charge in [-0.2, -0.15) is 0 Å². The number of para-hydroxylation sites is 1. The lowest BCUT2D eigenvalue weighted by Gasteiger charge is -2.08. The summed E-state index contributed by atoms with van der Waals surface area (Å²) in [5.74, 6) is 0.449. The van der Waals surface area contributed by atoms with Crippen molar-refractivity contribution >= 4 is 17.3 Å². The Hall–Kier alpha value is -3.65. The second kappa shape index (κ2) is 10.1. The number of carboxylic acids is 1. The molecule has 0 radical (unpaired) electrons. The first kappa shape index (κ1) is 21.6. The summed E-state index contributed by atoms with van der Waals surface area (Å²) < 4.78 is 16.7. The molecule has 32 heavy (non-hydrogen) atoms. The van der Waals surface area contributed by atoms with E-state index in [-0.39, 0.29) is 13.0 Å². The monoisotopic (exact) mass is 450 g/mol. The average molecular weight is 451 g/mol. The van der Waals surface area contributed by atoms with Gasteiger partial charge in [-0.3, -0.25) is 4.79 Å². The number of hydrogen-bond acceptors (Lipinski definition) is 7. The Morgan fingerprint density at radius 2 is 1.88 bits per heavy atom. The molecule has 4 rings (SSSR count). The zero-order valence-electron chi connectivity index (χ0n) is 17.5. The molecule has 0 fully saturated rings. The van der Waals surface area contributed by atoms with Gasteiger partial charge in [0.25, 0.3) is 5.88 Å². The highest BCUT2D eigenvalue weighted by molar-refractivity contribution is 7.15. The van der Waals surface area contributed by atoms with Crippen LogP contribution in [0.5, 0.6) is 11.6 Å². The Balaban J connectivity index is 1.29. The summed E-state index contributed by atoms with van der Waals surface area (Å²) in [6, 6.07) is 18.8. The Morgan fingerprint density at radius 1 is 1.09 bits per heavy atom. The predicted molar refractivity (Wildman–Crippen MR) is 120 cm³/mol. The molecule has 0 atom stereocenters. The van der Waals surface area contributed by atoms with Crippen molar-refractivity contribution in [1.82, 2.24) is 10.1 Å². The largest absolute Gasteiger partial charge is 0.485 e. The molecule has 0 unspecified atom stereocenters. The molecule has 1 N–H and O–H groups in total. The Labute approximate surface area is 189 Å². The minimum atomic E-state index is -0.914. The highest BCUT2D eigenvalue weighted by Gasteiger charge is 2.12. The lowest BCUT2D eigenvalue weighted by atomic mass is 10.1. The van der Waals surface area contributed by atoms with Gasteiger partial charge in [0.2, 0.25) is 0 Å². The molecular formula is C24H22N2O5S. The number of rotatable bonds is 10. The topological polar surface area (TPSA) is 94.7 Å². The van der Waals surface area contributed by atoms with E-state index in [1.54, 1.807) is 41.7 Å². The zero-order chi connectivity index (χ0) is 22.3. The second-order valence-corrected chi connectivity index (χ2v) is 8.29. The van der Waals surface area contributed by atoms with Crippen molar-refractivity contribution in [3.63, 3.8) is 0 Å². The first-order valence-corrected chi connectivity index (χ1v) is 10.9. The van der Waals surface area contributed by atoms with Crippen molar-refractivity contribution in [3.05, 3.63) is 82.6 Å². The fraction of sp³-hybridized carbons (Fsp3) is 0.208. The predicted octanol–water partition coefficient (Wildman–Crippen LogP) is 4.93. The molecule has 7 nitrogen and oxygen atoms in total. The highest BCUT2D eigenvalue weighted by Crippen LogP contribution is 2.28. The van der Waals surface area contributed by atoms with Crippen LogP contribution < -0.4 is 9.47 Å². The molecule has 0 saturated heterocycles. The van der Waals surface area contributed by atoms with Crippen LogP contribution in [0.25, 0.3) is 10.6 Å². The summed E-state index contributed by atoms with van der Waals surface area (Å²) in [4.78, 5) is 16.9. The second-order valence-electron chi connectivity index (χ2n) is 7.08. The van der Waals surface area contributed by atoms with Gasteiger partial charge in [-0.15, -0.1) is 11.3 Å². The van der Waals surface area contributed by atoms with E-state index in [2.05, 4.69) is 24.2 Å². The molecule has 164 valence electrons. The molecule has 0 aliphatic carbocycles. The van der Waals surface area contributed by atoms with Gasteiger partial charge in [0.05, 0.1) is 18.7 Å². The van der Waals surface area contributed by atoms with E-state index < -0.39 is 5.97 Å². The van der Waals surface area contributed by atoms with Gasteiger partial charge in [0.15, 0.2) is 5.76 Å². The van der Waals surface area contributed by atoms with E-state index in [1.165, 1.54) is 4.88 Å². The van der Waals surface area contributed by atoms with Crippen LogP contribution >= 0.6 is 11.3 Å². The number of benzene rings is 2. The first-order valence-electron chi connectivity index (χ1n) is 10.1. The minimum Gasteiger partial charge on any atom is -0.485 e. The van der Waals surface area contributed by atoms with Crippen LogP contribution in [0.4, 0.5) is 0 Å². The summed E-state index contributed by atoms with van der Waals surface area (Å²) in [5, 5.41) is 13.9. The van der Waals surface area contributed by atoms with E-state index >= 15 is 0 Å². The number of nitrogens with zero attached hydrogens (tertiary/aromatic N) is 2. The van der Waals surface area contributed by atoms with Gasteiger partial charge in [0.1, 0.15) is 17.4 Å². The zero-order valence-corrected chi connectivity index (χ0v) is 18.3. The van der Waals surface area contributed by atoms with Crippen LogP contribution in [0.3, 0.4) is 0 Å². The Morgan fingerprint density at radius 3 is 2.69 bits per heavy atom. The molecule has 0 saturated carbocycles. The van der Waals surface area contributed by atoms with Gasteiger partial charge in [-0.25, -0.2) is 4.98 Å². The summed E-state index contributed by atoms with van der Waals surface area (Å²) in [6.07, 6.45) is 0.555. The number of carbonyl (C=O) groups is 1. The fourth-order valence-corrected chi connectivity index (χ4v) is 4.11. The molecule has 0 bridgehead atoms. The van der Waals surface area contributed by atoms with Crippen LogP contribution in [0, 0.1) is 6.92 Å². The Kier molecular flexibility index (Phi) is 6.81. The van der Waals surface area contributed by atoms with Gasteiger partial charge in [-0.05, 0) is 18.1 Å². The number of aryl methyl sites for hydroxylation is 1. The summed E-state index contributed by atoms with van der Waals surface area (Å²) in [5.41, 5.74) is 2.72. The fourth-order valence-electron chi connectivity index (χ4n) is 3.15. The number of ether oxygens (including phenoxy) is 2. The number of hydrogen-bond donors (Lipinski definition) is 1. The molecule has 2 aromatic heterocycles. The third-order valence-corrected chi connectivity index (χ3v) is 5.79. The molecule has 0 aliphatic heterocycles. The van der Waals surface area contributed by atoms with Gasteiger partial charge in [0, 0.05) is 28.5 Å². The van der Waals surface area contributed by atoms with Crippen molar-refractivity contribution in [3.8, 4) is 22.2 Å². The third-order valence-electron chi connectivity index (χ3n) is 4.72. The van der Waals surface area contributed by atoms with Crippen molar-refractivity contribution in [1.29, 1.82) is 0 Å². The summed E-state index contributed by atoms with van der Waals surface area (Å²) >= 11 is 1.67. The van der Waals surface area contributed by atoms with Crippen LogP contribution in [0.1, 0.15) is 21.9 Å². The first-order chi connectivity index (χ1) is 15.6. The standard InChI is InChI=1S/C24H22N2O5S/c1-16-20(25-24(32-16)17-7-3-2-4-8-17)11-12-29-22-14-19(31-26-22)15-30-21-10-6-5-9-18(21)13-23(27)28/h2-10,14H,11-13,15H2,1H3,(H,27,28). The average Bonchev–Trinajstić information content (AvgIpc) is 3.40. The van der Waals surface area contributed by atoms with E-state index in [1.807, 2.05) is 18.2 Å². The van der Waals surface area contributed by atoms with Gasteiger partial charge in [-0.1, -0.05) is 48.5 Å². The molecule has 0 amide bonds. The van der Waals surface area contributed by atoms with E-state index in [0.29, 0.717) is 36.0 Å². The molecule has 2 aromatic carbocycles. The van der Waals surface area contributed by atoms with Crippen LogP contribution in [0.15, 0.2) is 65.2 Å². The normalized spacial score (nSPS) is 10.8. The number of carboxylic acid groups (broad SMARTS) is 1. The maximum atomic E-state index is 11.0. The van der Waals surface area contributed by atoms with Gasteiger partial charge < -0.3 is 19.1 Å². The van der Waals surface area contributed by atoms with E-state index in [9.17, 15) is 4.79 Å². The maximum Gasteiger partial charge on any atom is 0.307 e. The van der Waals surface area contributed by atoms with E-state index in [0.717, 1.165) is 16.3 Å².